The van der Waals surface area contributed by atoms with Gasteiger partial charge in [-0.2, -0.15) is 5.10 Å². The zero-order chi connectivity index (χ0) is 23.6. The van der Waals surface area contributed by atoms with Crippen LogP contribution in [0.4, 0.5) is 4.79 Å². The largest absolute Gasteiger partial charge is 0.490 e. The van der Waals surface area contributed by atoms with Gasteiger partial charge in [0.25, 0.3) is 0 Å². The Morgan fingerprint density at radius 3 is 2.52 bits per heavy atom. The van der Waals surface area contributed by atoms with E-state index in [1.54, 1.807) is 31.2 Å². The number of nitrogens with one attached hydrogen (secondary N) is 1. The molecule has 0 saturated carbocycles. The van der Waals surface area contributed by atoms with Crippen LogP contribution in [0.2, 0.25) is 10.0 Å². The summed E-state index contributed by atoms with van der Waals surface area (Å²) in [6, 6.07) is 18.6. The average molecular weight is 487 g/mol. The van der Waals surface area contributed by atoms with Gasteiger partial charge in [-0.25, -0.2) is 15.0 Å². The Bertz CT molecular complexity index is 1150. The fraction of sp³-hybridized carbons (Fsp3) is 0.125. The van der Waals surface area contributed by atoms with Crippen LogP contribution in [0.1, 0.15) is 28.4 Å². The number of hydrogen-bond acceptors (Lipinski definition) is 6. The lowest BCUT2D eigenvalue weighted by Crippen LogP contribution is -2.18. The highest BCUT2D eigenvalue weighted by molar-refractivity contribution is 6.36. The molecule has 0 atom stereocenters. The Morgan fingerprint density at radius 2 is 1.79 bits per heavy atom. The minimum Gasteiger partial charge on any atom is -0.490 e. The lowest BCUT2D eigenvalue weighted by molar-refractivity contribution is 0.0728. The maximum Gasteiger partial charge on any atom is 0.428 e. The summed E-state index contributed by atoms with van der Waals surface area (Å²) in [5, 5.41) is 4.46. The van der Waals surface area contributed by atoms with Crippen LogP contribution in [0.15, 0.2) is 71.8 Å². The maximum atomic E-state index is 12.5. The van der Waals surface area contributed by atoms with Gasteiger partial charge in [-0.3, -0.25) is 0 Å². The van der Waals surface area contributed by atoms with E-state index in [0.29, 0.717) is 22.9 Å². The molecule has 33 heavy (non-hydrogen) atoms. The summed E-state index contributed by atoms with van der Waals surface area (Å²) < 4.78 is 16.1. The van der Waals surface area contributed by atoms with Gasteiger partial charge in [0.15, 0.2) is 11.5 Å². The van der Waals surface area contributed by atoms with E-state index >= 15 is 0 Å². The molecule has 0 aliphatic heterocycles. The Morgan fingerprint density at radius 1 is 1.00 bits per heavy atom. The highest BCUT2D eigenvalue weighted by Crippen LogP contribution is 2.30. The van der Waals surface area contributed by atoms with Crippen LogP contribution in [0.5, 0.6) is 11.5 Å². The molecule has 3 rings (SSSR count). The van der Waals surface area contributed by atoms with Gasteiger partial charge in [0, 0.05) is 5.02 Å². The standard InChI is InChI=1S/C24H20Cl2N2O5/c1-2-31-22-12-17(14-27-28-24(30)32-15-16-6-4-3-5-7-16)8-11-21(22)33-23(29)19-10-9-18(25)13-20(19)26/h3-14H,2,15H2,1H3,(H,28,30)/b27-14+. The molecule has 0 spiro atoms. The van der Waals surface area contributed by atoms with Crippen molar-refractivity contribution in [3.63, 3.8) is 0 Å². The average Bonchev–Trinajstić information content (AvgIpc) is 2.80. The SMILES string of the molecule is CCOc1cc(/C=N/NC(=O)OCc2ccccc2)ccc1OC(=O)c1ccc(Cl)cc1Cl. The lowest BCUT2D eigenvalue weighted by atomic mass is 10.2. The Kier molecular flexibility index (Phi) is 8.69. The first-order valence-electron chi connectivity index (χ1n) is 9.90. The van der Waals surface area contributed by atoms with Crippen molar-refractivity contribution in [2.24, 2.45) is 5.10 Å². The molecule has 3 aromatic carbocycles. The van der Waals surface area contributed by atoms with Gasteiger partial charge in [0.2, 0.25) is 0 Å². The van der Waals surface area contributed by atoms with Crippen molar-refractivity contribution in [2.75, 3.05) is 6.61 Å². The molecule has 7 nitrogen and oxygen atoms in total. The van der Waals surface area contributed by atoms with Gasteiger partial charge in [-0.05, 0) is 54.4 Å². The second kappa shape index (κ2) is 11.9. The van der Waals surface area contributed by atoms with Crippen molar-refractivity contribution >= 4 is 41.5 Å². The normalized spacial score (nSPS) is 10.6. The summed E-state index contributed by atoms with van der Waals surface area (Å²) in [7, 11) is 0. The number of rotatable bonds is 8. The van der Waals surface area contributed by atoms with Crippen LogP contribution in [-0.2, 0) is 11.3 Å². The summed E-state index contributed by atoms with van der Waals surface area (Å²) >= 11 is 11.9. The van der Waals surface area contributed by atoms with Crippen molar-refractivity contribution in [1.82, 2.24) is 5.43 Å². The number of hydrazone groups is 1. The predicted molar refractivity (Wildman–Crippen MR) is 126 cm³/mol. The fourth-order valence-corrected chi connectivity index (χ4v) is 3.17. The van der Waals surface area contributed by atoms with Crippen molar-refractivity contribution < 1.29 is 23.8 Å². The molecule has 0 saturated heterocycles. The lowest BCUT2D eigenvalue weighted by Gasteiger charge is -2.12. The van der Waals surface area contributed by atoms with Crippen molar-refractivity contribution in [3.8, 4) is 11.5 Å². The van der Waals surface area contributed by atoms with Crippen LogP contribution in [0.3, 0.4) is 0 Å². The minimum atomic E-state index is -0.689. The number of carbonyl (C=O) groups is 2. The number of halogens is 2. The third-order valence-electron chi connectivity index (χ3n) is 4.20. The Labute approximate surface area is 200 Å². The van der Waals surface area contributed by atoms with E-state index in [-0.39, 0.29) is 22.9 Å². The van der Waals surface area contributed by atoms with Gasteiger partial charge in [-0.15, -0.1) is 0 Å². The molecule has 0 unspecified atom stereocenters. The first-order chi connectivity index (χ1) is 16.0. The number of benzene rings is 3. The fourth-order valence-electron chi connectivity index (χ4n) is 2.68. The molecule has 9 heteroatoms. The molecular weight excluding hydrogens is 467 g/mol. The van der Waals surface area contributed by atoms with Crippen LogP contribution >= 0.6 is 23.2 Å². The molecule has 170 valence electrons. The highest BCUT2D eigenvalue weighted by Gasteiger charge is 2.16. The first kappa shape index (κ1) is 24.1. The molecule has 0 aromatic heterocycles. The number of esters is 1. The summed E-state index contributed by atoms with van der Waals surface area (Å²) in [5.74, 6) is -0.117. The van der Waals surface area contributed by atoms with Crippen molar-refractivity contribution in [3.05, 3.63) is 93.5 Å². The molecule has 0 bridgehead atoms. The zero-order valence-electron chi connectivity index (χ0n) is 17.6. The summed E-state index contributed by atoms with van der Waals surface area (Å²) in [4.78, 5) is 24.3. The maximum absolute atomic E-state index is 12.5. The third kappa shape index (κ3) is 7.24. The van der Waals surface area contributed by atoms with Gasteiger partial charge < -0.3 is 14.2 Å². The second-order valence-corrected chi connectivity index (χ2v) is 7.43. The molecular formula is C24H20Cl2N2O5. The summed E-state index contributed by atoms with van der Waals surface area (Å²) in [6.45, 7) is 2.28. The van der Waals surface area contributed by atoms with Crippen molar-refractivity contribution in [2.45, 2.75) is 13.5 Å². The van der Waals surface area contributed by atoms with E-state index in [0.717, 1.165) is 5.56 Å². The Balaban J connectivity index is 1.62. The number of nitrogens with zero attached hydrogens (tertiary/aromatic N) is 1. The van der Waals surface area contributed by atoms with E-state index in [1.165, 1.54) is 18.3 Å². The number of amides is 1. The highest BCUT2D eigenvalue weighted by atomic mass is 35.5. The zero-order valence-corrected chi connectivity index (χ0v) is 19.1. The van der Waals surface area contributed by atoms with E-state index in [4.69, 9.17) is 37.4 Å². The van der Waals surface area contributed by atoms with Gasteiger partial charge >= 0.3 is 12.1 Å². The monoisotopic (exact) mass is 486 g/mol. The smallest absolute Gasteiger partial charge is 0.428 e. The van der Waals surface area contributed by atoms with Crippen LogP contribution in [0, 0.1) is 0 Å². The number of ether oxygens (including phenoxy) is 3. The third-order valence-corrected chi connectivity index (χ3v) is 4.75. The van der Waals surface area contributed by atoms with Crippen molar-refractivity contribution in [1.29, 1.82) is 0 Å². The Hall–Kier alpha value is -3.55. The molecule has 0 aliphatic carbocycles. The minimum absolute atomic E-state index is 0.133. The van der Waals surface area contributed by atoms with Gasteiger partial charge in [0.05, 0.1) is 23.4 Å². The van der Waals surface area contributed by atoms with Crippen LogP contribution in [-0.4, -0.2) is 24.9 Å². The number of hydrogen-bond donors (Lipinski definition) is 1. The summed E-state index contributed by atoms with van der Waals surface area (Å²) in [5.41, 5.74) is 3.93. The quantitative estimate of drug-likeness (QED) is 0.186. The molecule has 1 N–H and O–H groups in total. The summed E-state index contributed by atoms with van der Waals surface area (Å²) in [6.07, 6.45) is 0.721. The first-order valence-corrected chi connectivity index (χ1v) is 10.7. The number of carbonyl (C=O) groups excluding carboxylic acids is 2. The van der Waals surface area contributed by atoms with E-state index in [1.807, 2.05) is 30.3 Å². The molecule has 0 aliphatic rings. The van der Waals surface area contributed by atoms with Crippen LogP contribution in [0.25, 0.3) is 0 Å². The van der Waals surface area contributed by atoms with Gasteiger partial charge in [0.1, 0.15) is 6.61 Å². The van der Waals surface area contributed by atoms with E-state index in [2.05, 4.69) is 10.5 Å². The topological polar surface area (TPSA) is 86.2 Å². The second-order valence-electron chi connectivity index (χ2n) is 6.58. The van der Waals surface area contributed by atoms with E-state index in [9.17, 15) is 9.59 Å². The molecule has 0 radical (unpaired) electrons. The molecule has 0 fully saturated rings. The molecule has 3 aromatic rings. The molecule has 0 heterocycles. The molecule has 1 amide bonds. The van der Waals surface area contributed by atoms with E-state index < -0.39 is 12.1 Å². The van der Waals surface area contributed by atoms with Gasteiger partial charge in [-0.1, -0.05) is 53.5 Å². The van der Waals surface area contributed by atoms with Crippen LogP contribution < -0.4 is 14.9 Å². The predicted octanol–water partition coefficient (Wildman–Crippen LogP) is 5.87.